The zero-order valence-electron chi connectivity index (χ0n) is 11.1. The summed E-state index contributed by atoms with van der Waals surface area (Å²) in [5, 5.41) is 3.27. The fourth-order valence-electron chi connectivity index (χ4n) is 1.70. The van der Waals surface area contributed by atoms with Crippen LogP contribution in [-0.4, -0.2) is 15.9 Å². The summed E-state index contributed by atoms with van der Waals surface area (Å²) in [6.45, 7) is 3.82. The minimum atomic E-state index is -0.293. The number of amides is 1. The number of rotatable bonds is 3. The third kappa shape index (κ3) is 3.46. The number of pyridine rings is 2. The first-order valence-corrected chi connectivity index (χ1v) is 6.85. The Kier molecular flexibility index (Phi) is 4.57. The first-order valence-electron chi connectivity index (χ1n) is 6.09. The number of aromatic nitrogens is 2. The Labute approximate surface area is 127 Å². The van der Waals surface area contributed by atoms with Crippen LogP contribution in [0, 0.1) is 6.92 Å². The van der Waals surface area contributed by atoms with Crippen LogP contribution in [0.25, 0.3) is 0 Å². The van der Waals surface area contributed by atoms with Gasteiger partial charge in [-0.05, 0) is 37.1 Å². The molecule has 0 spiro atoms. The molecule has 20 heavy (non-hydrogen) atoms. The molecule has 0 aliphatic heterocycles. The van der Waals surface area contributed by atoms with Gasteiger partial charge in [-0.2, -0.15) is 0 Å². The van der Waals surface area contributed by atoms with E-state index in [9.17, 15) is 4.79 Å². The third-order valence-electron chi connectivity index (χ3n) is 2.70. The van der Waals surface area contributed by atoms with Crippen LogP contribution >= 0.6 is 23.2 Å². The maximum absolute atomic E-state index is 12.2. The number of nitrogens with one attached hydrogen (secondary N) is 1. The molecule has 0 aliphatic carbocycles. The van der Waals surface area contributed by atoms with Crippen molar-refractivity contribution in [1.82, 2.24) is 9.97 Å². The van der Waals surface area contributed by atoms with Crippen LogP contribution in [0.5, 0.6) is 0 Å². The topological polar surface area (TPSA) is 54.9 Å². The van der Waals surface area contributed by atoms with Crippen LogP contribution in [0.2, 0.25) is 10.3 Å². The average Bonchev–Trinajstić information content (AvgIpc) is 2.42. The molecule has 0 atom stereocenters. The molecule has 0 aromatic carbocycles. The fraction of sp³-hybridized carbons (Fsp3) is 0.214. The highest BCUT2D eigenvalue weighted by atomic mass is 35.5. The van der Waals surface area contributed by atoms with Gasteiger partial charge < -0.3 is 5.32 Å². The molecule has 2 heterocycles. The van der Waals surface area contributed by atoms with Gasteiger partial charge in [-0.25, -0.2) is 9.97 Å². The zero-order chi connectivity index (χ0) is 14.7. The minimum Gasteiger partial charge on any atom is -0.319 e. The summed E-state index contributed by atoms with van der Waals surface area (Å²) < 4.78 is 0. The molecule has 0 radical (unpaired) electrons. The van der Waals surface area contributed by atoms with E-state index in [4.69, 9.17) is 23.2 Å². The Hall–Kier alpha value is -1.65. The highest BCUT2D eigenvalue weighted by Crippen LogP contribution is 2.21. The summed E-state index contributed by atoms with van der Waals surface area (Å²) in [4.78, 5) is 20.3. The van der Waals surface area contributed by atoms with E-state index in [0.717, 1.165) is 11.3 Å². The molecule has 0 saturated carbocycles. The van der Waals surface area contributed by atoms with E-state index in [-0.39, 0.29) is 11.1 Å². The summed E-state index contributed by atoms with van der Waals surface area (Å²) in [6.07, 6.45) is 2.34. The molecule has 6 heteroatoms. The highest BCUT2D eigenvalue weighted by molar-refractivity contribution is 6.33. The number of hydrogen-bond acceptors (Lipinski definition) is 3. The Morgan fingerprint density at radius 1 is 1.30 bits per heavy atom. The van der Waals surface area contributed by atoms with E-state index < -0.39 is 0 Å². The fourth-order valence-corrected chi connectivity index (χ4v) is 2.07. The van der Waals surface area contributed by atoms with Crippen molar-refractivity contribution in [2.45, 2.75) is 20.3 Å². The van der Waals surface area contributed by atoms with Crippen LogP contribution in [0.4, 0.5) is 5.69 Å². The third-order valence-corrected chi connectivity index (χ3v) is 3.19. The van der Waals surface area contributed by atoms with Crippen molar-refractivity contribution in [3.63, 3.8) is 0 Å². The van der Waals surface area contributed by atoms with Crippen LogP contribution in [0.15, 0.2) is 24.4 Å². The smallest absolute Gasteiger partial charge is 0.255 e. The van der Waals surface area contributed by atoms with Gasteiger partial charge in [-0.1, -0.05) is 30.1 Å². The van der Waals surface area contributed by atoms with Gasteiger partial charge in [0.15, 0.2) is 5.15 Å². The lowest BCUT2D eigenvalue weighted by molar-refractivity contribution is 0.102. The quantitative estimate of drug-likeness (QED) is 0.875. The van der Waals surface area contributed by atoms with E-state index in [0.29, 0.717) is 22.8 Å². The van der Waals surface area contributed by atoms with Gasteiger partial charge in [0.2, 0.25) is 0 Å². The zero-order valence-corrected chi connectivity index (χ0v) is 12.6. The van der Waals surface area contributed by atoms with Crippen molar-refractivity contribution in [2.75, 3.05) is 5.32 Å². The van der Waals surface area contributed by atoms with E-state index >= 15 is 0 Å². The number of halogens is 2. The molecule has 0 bridgehead atoms. The van der Waals surface area contributed by atoms with Crippen molar-refractivity contribution in [1.29, 1.82) is 0 Å². The van der Waals surface area contributed by atoms with Crippen molar-refractivity contribution in [3.05, 3.63) is 51.5 Å². The number of carbonyl (C=O) groups excluding carboxylic acids is 1. The molecule has 0 fully saturated rings. The maximum atomic E-state index is 12.2. The largest absolute Gasteiger partial charge is 0.319 e. The van der Waals surface area contributed by atoms with Crippen molar-refractivity contribution in [3.8, 4) is 0 Å². The van der Waals surface area contributed by atoms with Gasteiger partial charge in [-0.3, -0.25) is 4.79 Å². The molecular weight excluding hydrogens is 297 g/mol. The van der Waals surface area contributed by atoms with E-state index in [1.165, 1.54) is 6.07 Å². The van der Waals surface area contributed by atoms with Crippen LogP contribution in [0.3, 0.4) is 0 Å². The number of aryl methyl sites for hydroxylation is 2. The number of hydrogen-bond donors (Lipinski definition) is 1. The Morgan fingerprint density at radius 3 is 2.75 bits per heavy atom. The predicted molar refractivity (Wildman–Crippen MR) is 80.6 cm³/mol. The summed E-state index contributed by atoms with van der Waals surface area (Å²) in [6, 6.07) is 4.99. The molecule has 1 amide bonds. The molecule has 0 saturated heterocycles. The van der Waals surface area contributed by atoms with Crippen molar-refractivity contribution < 1.29 is 4.79 Å². The number of anilines is 1. The molecule has 0 aliphatic rings. The van der Waals surface area contributed by atoms with Gasteiger partial charge in [0.1, 0.15) is 5.15 Å². The normalized spacial score (nSPS) is 10.4. The van der Waals surface area contributed by atoms with Gasteiger partial charge >= 0.3 is 0 Å². The van der Waals surface area contributed by atoms with Gasteiger partial charge in [0, 0.05) is 17.5 Å². The lowest BCUT2D eigenvalue weighted by Gasteiger charge is -2.08. The molecule has 2 aromatic heterocycles. The van der Waals surface area contributed by atoms with E-state index in [1.807, 2.05) is 13.8 Å². The lowest BCUT2D eigenvalue weighted by Crippen LogP contribution is -2.13. The van der Waals surface area contributed by atoms with Crippen molar-refractivity contribution in [2.24, 2.45) is 0 Å². The Morgan fingerprint density at radius 2 is 2.05 bits per heavy atom. The molecule has 4 nitrogen and oxygen atoms in total. The second-order valence-electron chi connectivity index (χ2n) is 4.33. The highest BCUT2D eigenvalue weighted by Gasteiger charge is 2.11. The Balaban J connectivity index is 2.28. The first-order chi connectivity index (χ1) is 9.49. The second kappa shape index (κ2) is 6.20. The van der Waals surface area contributed by atoms with E-state index in [2.05, 4.69) is 15.3 Å². The summed E-state index contributed by atoms with van der Waals surface area (Å²) in [7, 11) is 0. The monoisotopic (exact) mass is 309 g/mol. The average molecular weight is 310 g/mol. The summed E-state index contributed by atoms with van der Waals surface area (Å²) in [5.41, 5.74) is 2.59. The van der Waals surface area contributed by atoms with Gasteiger partial charge in [-0.15, -0.1) is 0 Å². The minimum absolute atomic E-state index is 0.250. The number of carbonyl (C=O) groups is 1. The second-order valence-corrected chi connectivity index (χ2v) is 5.07. The van der Waals surface area contributed by atoms with Crippen LogP contribution in [-0.2, 0) is 6.42 Å². The summed E-state index contributed by atoms with van der Waals surface area (Å²) >= 11 is 11.9. The van der Waals surface area contributed by atoms with Gasteiger partial charge in [0.05, 0.1) is 5.69 Å². The molecule has 0 unspecified atom stereocenters. The van der Waals surface area contributed by atoms with E-state index in [1.54, 1.807) is 18.3 Å². The molecule has 2 rings (SSSR count). The van der Waals surface area contributed by atoms with Gasteiger partial charge in [0.25, 0.3) is 5.91 Å². The van der Waals surface area contributed by atoms with Crippen LogP contribution in [0.1, 0.15) is 28.5 Å². The predicted octanol–water partition coefficient (Wildman–Crippen LogP) is 3.91. The lowest BCUT2D eigenvalue weighted by atomic mass is 10.2. The maximum Gasteiger partial charge on any atom is 0.255 e. The Bertz CT molecular complexity index is 659. The molecular formula is C14H13Cl2N3O. The molecule has 104 valence electrons. The first kappa shape index (κ1) is 14.8. The summed E-state index contributed by atoms with van der Waals surface area (Å²) in [5.74, 6) is -0.293. The SMILES string of the molecule is CCc1cc(C(=O)Nc2cc(C)cnc2Cl)cc(Cl)n1. The van der Waals surface area contributed by atoms with Crippen molar-refractivity contribution >= 4 is 34.8 Å². The molecule has 2 aromatic rings. The standard InChI is InChI=1S/C14H13Cl2N3O/c1-3-10-5-9(6-12(15)18-10)14(20)19-11-4-8(2)7-17-13(11)16/h4-7H,3H2,1-2H3,(H,19,20). The van der Waals surface area contributed by atoms with Crippen LogP contribution < -0.4 is 5.32 Å². The molecule has 1 N–H and O–H groups in total. The number of nitrogens with zero attached hydrogens (tertiary/aromatic N) is 2.